The van der Waals surface area contributed by atoms with Crippen LogP contribution in [0, 0.1) is 17.8 Å². The highest BCUT2D eigenvalue weighted by molar-refractivity contribution is 5.94. The number of aliphatic carboxylic acids is 1. The number of esters is 1. The molecular weight excluding hydrogens is 208 g/mol. The SMILES string of the molecule is CC(C)CC(C)OC(=O)C(C(=O)O)C(C)C. The lowest BCUT2D eigenvalue weighted by Crippen LogP contribution is -2.32. The summed E-state index contributed by atoms with van der Waals surface area (Å²) in [5.74, 6) is -2.64. The van der Waals surface area contributed by atoms with Gasteiger partial charge in [-0.25, -0.2) is 0 Å². The number of carboxylic acids is 1. The van der Waals surface area contributed by atoms with Gasteiger partial charge in [-0.1, -0.05) is 27.7 Å². The van der Waals surface area contributed by atoms with Crippen molar-refractivity contribution < 1.29 is 19.4 Å². The van der Waals surface area contributed by atoms with Gasteiger partial charge >= 0.3 is 11.9 Å². The molecule has 0 saturated carbocycles. The number of carboxylic acid groups (broad SMARTS) is 1. The number of hydrogen-bond acceptors (Lipinski definition) is 3. The van der Waals surface area contributed by atoms with E-state index in [1.165, 1.54) is 0 Å². The maximum atomic E-state index is 11.6. The van der Waals surface area contributed by atoms with Crippen molar-refractivity contribution in [2.45, 2.75) is 47.1 Å². The summed E-state index contributed by atoms with van der Waals surface area (Å²) in [6.07, 6.45) is 0.518. The molecule has 4 nitrogen and oxygen atoms in total. The van der Waals surface area contributed by atoms with Crippen LogP contribution in [0.3, 0.4) is 0 Å². The molecule has 0 heterocycles. The molecule has 0 aromatic carbocycles. The summed E-state index contributed by atoms with van der Waals surface area (Å²) in [5.41, 5.74) is 0. The Balaban J connectivity index is 4.37. The minimum Gasteiger partial charge on any atom is -0.481 e. The molecular formula is C12H22O4. The van der Waals surface area contributed by atoms with Gasteiger partial charge in [0.05, 0.1) is 6.10 Å². The van der Waals surface area contributed by atoms with E-state index in [4.69, 9.17) is 9.84 Å². The number of hydrogen-bond donors (Lipinski definition) is 1. The Bertz CT molecular complexity index is 245. The minimum atomic E-state index is -1.11. The Morgan fingerprint density at radius 3 is 1.94 bits per heavy atom. The normalized spacial score (nSPS) is 14.9. The van der Waals surface area contributed by atoms with E-state index in [0.717, 1.165) is 6.42 Å². The summed E-state index contributed by atoms with van der Waals surface area (Å²) in [7, 11) is 0. The van der Waals surface area contributed by atoms with Gasteiger partial charge < -0.3 is 9.84 Å². The van der Waals surface area contributed by atoms with Gasteiger partial charge in [0.2, 0.25) is 0 Å². The highest BCUT2D eigenvalue weighted by atomic mass is 16.5. The van der Waals surface area contributed by atoms with Crippen LogP contribution in [0.2, 0.25) is 0 Å². The van der Waals surface area contributed by atoms with Crippen molar-refractivity contribution in [1.29, 1.82) is 0 Å². The molecule has 0 saturated heterocycles. The average molecular weight is 230 g/mol. The van der Waals surface area contributed by atoms with Crippen molar-refractivity contribution in [1.82, 2.24) is 0 Å². The van der Waals surface area contributed by atoms with Gasteiger partial charge in [0.15, 0.2) is 5.92 Å². The second-order valence-electron chi connectivity index (χ2n) is 4.94. The minimum absolute atomic E-state index is 0.229. The first-order valence-electron chi connectivity index (χ1n) is 5.69. The van der Waals surface area contributed by atoms with Crippen molar-refractivity contribution in [3.63, 3.8) is 0 Å². The van der Waals surface area contributed by atoms with Crippen molar-refractivity contribution in [2.75, 3.05) is 0 Å². The van der Waals surface area contributed by atoms with E-state index >= 15 is 0 Å². The van der Waals surface area contributed by atoms with Gasteiger partial charge in [0.25, 0.3) is 0 Å². The molecule has 0 aliphatic heterocycles. The molecule has 2 atom stereocenters. The van der Waals surface area contributed by atoms with Gasteiger partial charge in [-0.15, -0.1) is 0 Å². The van der Waals surface area contributed by atoms with E-state index in [1.54, 1.807) is 20.8 Å². The molecule has 0 radical (unpaired) electrons. The van der Waals surface area contributed by atoms with Crippen LogP contribution >= 0.6 is 0 Å². The van der Waals surface area contributed by atoms with E-state index in [0.29, 0.717) is 5.92 Å². The predicted molar refractivity (Wildman–Crippen MR) is 61.0 cm³/mol. The number of carbonyl (C=O) groups is 2. The van der Waals surface area contributed by atoms with Gasteiger partial charge in [-0.05, 0) is 25.2 Å². The molecule has 4 heteroatoms. The molecule has 94 valence electrons. The van der Waals surface area contributed by atoms with Crippen LogP contribution in [0.15, 0.2) is 0 Å². The molecule has 0 amide bonds. The van der Waals surface area contributed by atoms with Gasteiger partial charge in [-0.2, -0.15) is 0 Å². The highest BCUT2D eigenvalue weighted by Crippen LogP contribution is 2.16. The van der Waals surface area contributed by atoms with Gasteiger partial charge in [-0.3, -0.25) is 9.59 Å². The molecule has 0 rings (SSSR count). The molecule has 0 aliphatic carbocycles. The van der Waals surface area contributed by atoms with E-state index < -0.39 is 17.9 Å². The molecule has 0 spiro atoms. The topological polar surface area (TPSA) is 63.6 Å². The van der Waals surface area contributed by atoms with E-state index in [-0.39, 0.29) is 12.0 Å². The fraction of sp³-hybridized carbons (Fsp3) is 0.833. The summed E-state index contributed by atoms with van der Waals surface area (Å²) in [4.78, 5) is 22.5. The molecule has 0 aromatic rings. The Morgan fingerprint density at radius 2 is 1.62 bits per heavy atom. The summed E-state index contributed by atoms with van der Waals surface area (Å²) in [6, 6.07) is 0. The standard InChI is InChI=1S/C12H22O4/c1-7(2)6-9(5)16-12(15)10(8(3)4)11(13)14/h7-10H,6H2,1-5H3,(H,13,14). The molecule has 0 aromatic heterocycles. The Labute approximate surface area is 97.0 Å². The van der Waals surface area contributed by atoms with Crippen LogP contribution in [0.5, 0.6) is 0 Å². The van der Waals surface area contributed by atoms with Crippen LogP contribution in [-0.4, -0.2) is 23.1 Å². The third-order valence-electron chi connectivity index (χ3n) is 2.31. The third-order valence-corrected chi connectivity index (χ3v) is 2.31. The van der Waals surface area contributed by atoms with Crippen molar-refractivity contribution in [3.8, 4) is 0 Å². The zero-order valence-corrected chi connectivity index (χ0v) is 10.7. The van der Waals surface area contributed by atoms with Gasteiger partial charge in [0, 0.05) is 0 Å². The van der Waals surface area contributed by atoms with Crippen LogP contribution in [0.1, 0.15) is 41.0 Å². The maximum absolute atomic E-state index is 11.6. The summed E-state index contributed by atoms with van der Waals surface area (Å²) >= 11 is 0. The zero-order chi connectivity index (χ0) is 12.9. The van der Waals surface area contributed by atoms with Crippen LogP contribution in [0.4, 0.5) is 0 Å². The van der Waals surface area contributed by atoms with E-state index in [1.807, 2.05) is 13.8 Å². The first kappa shape index (κ1) is 14.9. The van der Waals surface area contributed by atoms with Crippen molar-refractivity contribution in [2.24, 2.45) is 17.8 Å². The summed E-state index contributed by atoms with van der Waals surface area (Å²) in [5, 5.41) is 8.91. The van der Waals surface area contributed by atoms with Crippen LogP contribution < -0.4 is 0 Å². The van der Waals surface area contributed by atoms with Gasteiger partial charge in [0.1, 0.15) is 0 Å². The lowest BCUT2D eigenvalue weighted by atomic mass is 9.96. The van der Waals surface area contributed by atoms with Crippen LogP contribution in [-0.2, 0) is 14.3 Å². The second kappa shape index (κ2) is 6.51. The summed E-state index contributed by atoms with van der Waals surface area (Å²) in [6.45, 7) is 9.25. The molecule has 2 unspecified atom stereocenters. The smallest absolute Gasteiger partial charge is 0.320 e. The van der Waals surface area contributed by atoms with Crippen molar-refractivity contribution in [3.05, 3.63) is 0 Å². The lowest BCUT2D eigenvalue weighted by molar-refractivity contribution is -0.164. The number of rotatable bonds is 6. The van der Waals surface area contributed by atoms with Crippen LogP contribution in [0.25, 0.3) is 0 Å². The predicted octanol–water partition coefficient (Wildman–Crippen LogP) is 2.32. The molecule has 16 heavy (non-hydrogen) atoms. The maximum Gasteiger partial charge on any atom is 0.320 e. The first-order chi connectivity index (χ1) is 7.25. The third kappa shape index (κ3) is 5.14. The Morgan fingerprint density at radius 1 is 1.12 bits per heavy atom. The zero-order valence-electron chi connectivity index (χ0n) is 10.7. The lowest BCUT2D eigenvalue weighted by Gasteiger charge is -2.20. The fourth-order valence-electron chi connectivity index (χ4n) is 1.64. The second-order valence-corrected chi connectivity index (χ2v) is 4.94. The quantitative estimate of drug-likeness (QED) is 0.562. The fourth-order valence-corrected chi connectivity index (χ4v) is 1.64. The molecule has 1 N–H and O–H groups in total. The Kier molecular flexibility index (Phi) is 6.08. The average Bonchev–Trinajstić information content (AvgIpc) is 1.98. The number of carbonyl (C=O) groups excluding carboxylic acids is 1. The molecule has 0 bridgehead atoms. The monoisotopic (exact) mass is 230 g/mol. The Hall–Kier alpha value is -1.06. The van der Waals surface area contributed by atoms with E-state index in [9.17, 15) is 9.59 Å². The largest absolute Gasteiger partial charge is 0.481 e. The highest BCUT2D eigenvalue weighted by Gasteiger charge is 2.32. The van der Waals surface area contributed by atoms with E-state index in [2.05, 4.69) is 0 Å². The number of ether oxygens (including phenoxy) is 1. The van der Waals surface area contributed by atoms with Crippen molar-refractivity contribution >= 4 is 11.9 Å². The molecule has 0 aliphatic rings. The first-order valence-corrected chi connectivity index (χ1v) is 5.69. The summed E-state index contributed by atoms with van der Waals surface area (Å²) < 4.78 is 5.13. The molecule has 0 fully saturated rings.